The van der Waals surface area contributed by atoms with Crippen LogP contribution in [0.15, 0.2) is 34.7 Å². The average molecular weight is 444 g/mol. The molecule has 168 valence electrons. The lowest BCUT2D eigenvalue weighted by Gasteiger charge is -2.31. The van der Waals surface area contributed by atoms with E-state index in [0.29, 0.717) is 16.5 Å². The highest BCUT2D eigenvalue weighted by molar-refractivity contribution is 5.95. The van der Waals surface area contributed by atoms with Crippen LogP contribution in [0.1, 0.15) is 21.5 Å². The number of fused-ring (bicyclic) bond motifs is 1. The Morgan fingerprint density at radius 1 is 1.22 bits per heavy atom. The third-order valence-corrected chi connectivity index (χ3v) is 5.55. The fraction of sp³-hybridized carbons (Fsp3) is 0.304. The van der Waals surface area contributed by atoms with E-state index >= 15 is 8.78 Å². The first-order valence-corrected chi connectivity index (χ1v) is 10.1. The smallest absolute Gasteiger partial charge is 0.407 e. The summed E-state index contributed by atoms with van der Waals surface area (Å²) in [6.45, 7) is 2.49. The zero-order valence-electron chi connectivity index (χ0n) is 17.6. The Morgan fingerprint density at radius 2 is 1.94 bits per heavy atom. The van der Waals surface area contributed by atoms with Crippen molar-refractivity contribution in [3.8, 4) is 11.3 Å². The lowest BCUT2D eigenvalue weighted by molar-refractivity contribution is -0.0209. The van der Waals surface area contributed by atoms with Gasteiger partial charge in [-0.2, -0.15) is 0 Å². The van der Waals surface area contributed by atoms with Gasteiger partial charge in [-0.05, 0) is 30.7 Å². The first kappa shape index (κ1) is 21.8. The van der Waals surface area contributed by atoms with Crippen LogP contribution in [0.4, 0.5) is 13.6 Å². The zero-order valence-corrected chi connectivity index (χ0v) is 17.6. The number of amides is 2. The highest BCUT2D eigenvalue weighted by Gasteiger charge is 2.29. The van der Waals surface area contributed by atoms with Gasteiger partial charge >= 0.3 is 6.09 Å². The van der Waals surface area contributed by atoms with Gasteiger partial charge in [0, 0.05) is 36.5 Å². The molecule has 9 heteroatoms. The van der Waals surface area contributed by atoms with Crippen LogP contribution in [0, 0.1) is 18.6 Å². The Kier molecular flexibility index (Phi) is 5.84. The van der Waals surface area contributed by atoms with Gasteiger partial charge in [0.15, 0.2) is 0 Å². The van der Waals surface area contributed by atoms with Crippen LogP contribution in [0.25, 0.3) is 22.3 Å². The molecule has 2 N–H and O–H groups in total. The molecule has 1 aromatic heterocycles. The van der Waals surface area contributed by atoms with Crippen LogP contribution < -0.4 is 5.32 Å². The number of rotatable bonds is 4. The van der Waals surface area contributed by atoms with E-state index in [1.807, 2.05) is 13.0 Å². The molecule has 4 rings (SSSR count). The molecule has 7 nitrogen and oxygen atoms in total. The molecule has 1 aliphatic heterocycles. The number of nitrogens with zero attached hydrogens (tertiary/aromatic N) is 1. The van der Waals surface area contributed by atoms with Gasteiger partial charge in [0.05, 0.1) is 24.8 Å². The molecule has 0 spiro atoms. The Labute approximate surface area is 182 Å². The summed E-state index contributed by atoms with van der Waals surface area (Å²) in [6, 6.07) is 7.35. The molecular formula is C23H22F2N2O5. The quantitative estimate of drug-likeness (QED) is 0.636. The van der Waals surface area contributed by atoms with Crippen LogP contribution in [0.5, 0.6) is 0 Å². The molecule has 2 heterocycles. The number of benzene rings is 2. The molecule has 1 atom stereocenters. The Morgan fingerprint density at radius 3 is 2.59 bits per heavy atom. The number of hydrogen-bond donors (Lipinski definition) is 2. The van der Waals surface area contributed by atoms with E-state index in [-0.39, 0.29) is 43.0 Å². The number of carboxylic acid groups (broad SMARTS) is 1. The van der Waals surface area contributed by atoms with E-state index in [0.717, 1.165) is 17.7 Å². The standard InChI is InChI=1S/C23H22F2N2O5/c1-12-3-4-15-16(10-14-11-27(23(29)30)5-6-31-14)21(32-19(15)7-12)20-17(24)8-13(9-18(20)25)22(28)26-2/h3-4,7-9,14H,5-6,10-11H2,1-2H3,(H,26,28)(H,29,30). The lowest BCUT2D eigenvalue weighted by atomic mass is 9.97. The van der Waals surface area contributed by atoms with E-state index < -0.39 is 29.7 Å². The van der Waals surface area contributed by atoms with E-state index in [9.17, 15) is 14.7 Å². The second-order valence-corrected chi connectivity index (χ2v) is 7.73. The first-order valence-electron chi connectivity index (χ1n) is 10.1. The van der Waals surface area contributed by atoms with Gasteiger partial charge < -0.3 is 24.5 Å². The van der Waals surface area contributed by atoms with E-state index in [4.69, 9.17) is 9.15 Å². The van der Waals surface area contributed by atoms with Crippen LogP contribution in [0.3, 0.4) is 0 Å². The molecule has 32 heavy (non-hydrogen) atoms. The molecular weight excluding hydrogens is 422 g/mol. The van der Waals surface area contributed by atoms with Crippen molar-refractivity contribution >= 4 is 23.0 Å². The molecule has 2 amide bonds. The largest absolute Gasteiger partial charge is 0.465 e. The Bertz CT molecular complexity index is 1180. The van der Waals surface area contributed by atoms with Crippen LogP contribution in [-0.4, -0.2) is 54.9 Å². The Balaban J connectivity index is 1.82. The molecule has 0 saturated carbocycles. The summed E-state index contributed by atoms with van der Waals surface area (Å²) < 4.78 is 41.7. The fourth-order valence-electron chi connectivity index (χ4n) is 3.97. The number of carbonyl (C=O) groups excluding carboxylic acids is 1. The van der Waals surface area contributed by atoms with E-state index in [1.165, 1.54) is 11.9 Å². The second-order valence-electron chi connectivity index (χ2n) is 7.73. The minimum Gasteiger partial charge on any atom is -0.465 e. The minimum absolute atomic E-state index is 0.0000973. The molecule has 0 bridgehead atoms. The monoisotopic (exact) mass is 444 g/mol. The van der Waals surface area contributed by atoms with Gasteiger partial charge in [0.2, 0.25) is 0 Å². The maximum Gasteiger partial charge on any atom is 0.407 e. The van der Waals surface area contributed by atoms with Crippen molar-refractivity contribution in [3.05, 3.63) is 58.7 Å². The van der Waals surface area contributed by atoms with Crippen LogP contribution >= 0.6 is 0 Å². The highest BCUT2D eigenvalue weighted by atomic mass is 19.1. The predicted molar refractivity (Wildman–Crippen MR) is 113 cm³/mol. The third kappa shape index (κ3) is 4.03. The van der Waals surface area contributed by atoms with Crippen molar-refractivity contribution in [1.82, 2.24) is 10.2 Å². The van der Waals surface area contributed by atoms with Crippen molar-refractivity contribution in [1.29, 1.82) is 0 Å². The van der Waals surface area contributed by atoms with Gasteiger partial charge in [-0.15, -0.1) is 0 Å². The van der Waals surface area contributed by atoms with Crippen molar-refractivity contribution < 1.29 is 32.6 Å². The molecule has 2 aromatic carbocycles. The van der Waals surface area contributed by atoms with Gasteiger partial charge in [-0.1, -0.05) is 12.1 Å². The molecule has 1 saturated heterocycles. The van der Waals surface area contributed by atoms with Gasteiger partial charge in [0.1, 0.15) is 23.0 Å². The van der Waals surface area contributed by atoms with Gasteiger partial charge in [-0.25, -0.2) is 13.6 Å². The van der Waals surface area contributed by atoms with Crippen LogP contribution in [-0.2, 0) is 11.2 Å². The maximum atomic E-state index is 15.0. The SMILES string of the molecule is CNC(=O)c1cc(F)c(-c2oc3cc(C)ccc3c2CC2CN(C(=O)O)CCO2)c(F)c1. The summed E-state index contributed by atoms with van der Waals surface area (Å²) in [6.07, 6.45) is -1.35. The van der Waals surface area contributed by atoms with Crippen molar-refractivity contribution in [2.24, 2.45) is 0 Å². The number of aryl methyl sites for hydroxylation is 1. The summed E-state index contributed by atoms with van der Waals surface area (Å²) >= 11 is 0. The molecule has 1 aliphatic rings. The van der Waals surface area contributed by atoms with Crippen LogP contribution in [0.2, 0.25) is 0 Å². The summed E-state index contributed by atoms with van der Waals surface area (Å²) in [5, 5.41) is 12.3. The third-order valence-electron chi connectivity index (χ3n) is 5.55. The maximum absolute atomic E-state index is 15.0. The summed E-state index contributed by atoms with van der Waals surface area (Å²) in [7, 11) is 1.37. The summed E-state index contributed by atoms with van der Waals surface area (Å²) in [5.41, 5.74) is 1.35. The molecule has 3 aromatic rings. The number of furan rings is 1. The predicted octanol–water partition coefficient (Wildman–Crippen LogP) is 3.97. The van der Waals surface area contributed by atoms with Crippen molar-refractivity contribution in [2.45, 2.75) is 19.4 Å². The van der Waals surface area contributed by atoms with Gasteiger partial charge in [0.25, 0.3) is 5.91 Å². The number of hydrogen-bond acceptors (Lipinski definition) is 4. The number of morpholine rings is 1. The number of carbonyl (C=O) groups is 2. The topological polar surface area (TPSA) is 92.0 Å². The molecule has 1 unspecified atom stereocenters. The second kappa shape index (κ2) is 8.58. The average Bonchev–Trinajstić information content (AvgIpc) is 3.09. The first-order chi connectivity index (χ1) is 15.3. The molecule has 1 fully saturated rings. The van der Waals surface area contributed by atoms with E-state index in [1.54, 1.807) is 12.1 Å². The number of ether oxygens (including phenoxy) is 1. The summed E-state index contributed by atoms with van der Waals surface area (Å²) in [4.78, 5) is 24.4. The van der Waals surface area contributed by atoms with Gasteiger partial charge in [-0.3, -0.25) is 4.79 Å². The zero-order chi connectivity index (χ0) is 23.0. The Hall–Kier alpha value is -3.46. The minimum atomic E-state index is -1.05. The fourth-order valence-corrected chi connectivity index (χ4v) is 3.97. The van der Waals surface area contributed by atoms with Crippen molar-refractivity contribution in [2.75, 3.05) is 26.7 Å². The lowest BCUT2D eigenvalue weighted by Crippen LogP contribution is -2.45. The number of halogens is 2. The summed E-state index contributed by atoms with van der Waals surface area (Å²) in [5.74, 6) is -2.48. The normalized spacial score (nSPS) is 16.4. The molecule has 0 radical (unpaired) electrons. The van der Waals surface area contributed by atoms with Crippen molar-refractivity contribution in [3.63, 3.8) is 0 Å². The highest BCUT2D eigenvalue weighted by Crippen LogP contribution is 2.38. The van der Waals surface area contributed by atoms with E-state index in [2.05, 4.69) is 5.32 Å². The number of nitrogens with one attached hydrogen (secondary N) is 1. The molecule has 0 aliphatic carbocycles.